The van der Waals surface area contributed by atoms with Gasteiger partial charge in [0.2, 0.25) is 0 Å². The number of rotatable bonds is 5. The number of carbonyl (C=O) groups is 3. The number of carboxylic acids is 1. The van der Waals surface area contributed by atoms with E-state index in [1.807, 2.05) is 7.05 Å². The summed E-state index contributed by atoms with van der Waals surface area (Å²) < 4.78 is 0. The highest BCUT2D eigenvalue weighted by Crippen LogP contribution is 2.28. The normalized spacial score (nSPS) is 22.5. The molecule has 0 unspecified atom stereocenters. The average Bonchev–Trinajstić information content (AvgIpc) is 3.43. The maximum Gasteiger partial charge on any atom is 0.306 e. The number of carbonyl (C=O) groups excluding carboxylic acids is 2. The summed E-state index contributed by atoms with van der Waals surface area (Å²) in [7, 11) is 2.04. The van der Waals surface area contributed by atoms with Crippen molar-refractivity contribution >= 4 is 51.6 Å². The summed E-state index contributed by atoms with van der Waals surface area (Å²) in [6.45, 7) is 1.68. The van der Waals surface area contributed by atoms with Crippen LogP contribution in [-0.2, 0) is 17.8 Å². The molecule has 5 rings (SSSR count). The maximum absolute atomic E-state index is 13.1. The summed E-state index contributed by atoms with van der Waals surface area (Å²) in [6.07, 6.45) is 1.92. The number of carboxylic acid groups (broad SMARTS) is 1. The lowest BCUT2D eigenvalue weighted by Crippen LogP contribution is -2.55. The van der Waals surface area contributed by atoms with Crippen LogP contribution in [0.15, 0.2) is 24.3 Å². The average molecular weight is 516 g/mol. The summed E-state index contributed by atoms with van der Waals surface area (Å²) in [4.78, 5) is 48.7. The topological polar surface area (TPSA) is 127 Å². The SMILES string of the molecule is CN1CCc2nc(C(=O)N[C@@H]3CC[C@H](C(=O)O)C[C@@H]3NC(=O)c3cc4cc(Cl)ccc4[nH]3)sc2C1. The molecule has 2 aliphatic rings. The molecule has 184 valence electrons. The monoisotopic (exact) mass is 515 g/mol. The molecule has 2 amide bonds. The Kier molecular flexibility index (Phi) is 6.52. The molecule has 9 nitrogen and oxygen atoms in total. The Morgan fingerprint density at radius 3 is 2.77 bits per heavy atom. The molecular formula is C24H26ClN5O4S. The van der Waals surface area contributed by atoms with Crippen molar-refractivity contribution in [2.45, 2.75) is 44.3 Å². The van der Waals surface area contributed by atoms with Crippen LogP contribution in [0.1, 0.15) is 50.1 Å². The third kappa shape index (κ3) is 5.05. The highest BCUT2D eigenvalue weighted by atomic mass is 35.5. The minimum atomic E-state index is -0.897. The number of hydrogen-bond acceptors (Lipinski definition) is 6. The van der Waals surface area contributed by atoms with Crippen molar-refractivity contribution in [2.75, 3.05) is 13.6 Å². The Balaban J connectivity index is 1.32. The van der Waals surface area contributed by atoms with Crippen LogP contribution in [0, 0.1) is 5.92 Å². The van der Waals surface area contributed by atoms with Gasteiger partial charge in [0.25, 0.3) is 11.8 Å². The summed E-state index contributed by atoms with van der Waals surface area (Å²) in [5.41, 5.74) is 2.09. The molecule has 1 aliphatic carbocycles. The Bertz CT molecular complexity index is 1300. The maximum atomic E-state index is 13.1. The molecule has 1 fully saturated rings. The van der Waals surface area contributed by atoms with Gasteiger partial charge in [-0.15, -0.1) is 11.3 Å². The Morgan fingerprint density at radius 1 is 1.17 bits per heavy atom. The van der Waals surface area contributed by atoms with Crippen molar-refractivity contribution in [1.29, 1.82) is 0 Å². The van der Waals surface area contributed by atoms with E-state index < -0.39 is 24.0 Å². The second-order valence-electron chi connectivity index (χ2n) is 9.30. The third-order valence-electron chi connectivity index (χ3n) is 6.78. The predicted octanol–water partition coefficient (Wildman–Crippen LogP) is 3.05. The van der Waals surface area contributed by atoms with E-state index in [0.717, 1.165) is 41.0 Å². The van der Waals surface area contributed by atoms with E-state index in [1.165, 1.54) is 11.3 Å². The van der Waals surface area contributed by atoms with Gasteiger partial charge in [-0.3, -0.25) is 14.4 Å². The van der Waals surface area contributed by atoms with E-state index >= 15 is 0 Å². The summed E-state index contributed by atoms with van der Waals surface area (Å²) in [6, 6.07) is 6.07. The second-order valence-corrected chi connectivity index (χ2v) is 10.8. The van der Waals surface area contributed by atoms with Gasteiger partial charge in [-0.25, -0.2) is 4.98 Å². The van der Waals surface area contributed by atoms with Gasteiger partial charge in [0.05, 0.1) is 17.7 Å². The number of aliphatic carboxylic acids is 1. The van der Waals surface area contributed by atoms with E-state index in [2.05, 4.69) is 25.5 Å². The van der Waals surface area contributed by atoms with E-state index in [1.54, 1.807) is 24.3 Å². The lowest BCUT2D eigenvalue weighted by molar-refractivity contribution is -0.143. The molecule has 0 radical (unpaired) electrons. The number of fused-ring (bicyclic) bond motifs is 2. The molecule has 4 N–H and O–H groups in total. The van der Waals surface area contributed by atoms with Gasteiger partial charge in [0.15, 0.2) is 5.01 Å². The smallest absolute Gasteiger partial charge is 0.306 e. The fourth-order valence-corrected chi connectivity index (χ4v) is 6.12. The molecule has 1 saturated carbocycles. The molecule has 1 aliphatic heterocycles. The van der Waals surface area contributed by atoms with Crippen LogP contribution in [0.5, 0.6) is 0 Å². The number of aromatic nitrogens is 2. The number of benzene rings is 1. The van der Waals surface area contributed by atoms with Gasteiger partial charge in [-0.1, -0.05) is 11.6 Å². The van der Waals surface area contributed by atoms with Gasteiger partial charge in [0, 0.05) is 46.4 Å². The fourth-order valence-electron chi connectivity index (χ4n) is 4.85. The van der Waals surface area contributed by atoms with E-state index in [4.69, 9.17) is 11.6 Å². The minimum absolute atomic E-state index is 0.233. The number of nitrogens with zero attached hydrogens (tertiary/aromatic N) is 2. The highest BCUT2D eigenvalue weighted by Gasteiger charge is 2.36. The van der Waals surface area contributed by atoms with Crippen molar-refractivity contribution in [3.63, 3.8) is 0 Å². The van der Waals surface area contributed by atoms with Crippen molar-refractivity contribution in [3.05, 3.63) is 50.6 Å². The Labute approximate surface area is 210 Å². The summed E-state index contributed by atoms with van der Waals surface area (Å²) >= 11 is 7.45. The molecule has 2 aromatic heterocycles. The number of H-pyrrole nitrogens is 1. The van der Waals surface area contributed by atoms with Crippen LogP contribution in [0.4, 0.5) is 0 Å². The minimum Gasteiger partial charge on any atom is -0.481 e. The Morgan fingerprint density at radius 2 is 1.97 bits per heavy atom. The van der Waals surface area contributed by atoms with Crippen molar-refractivity contribution in [3.8, 4) is 0 Å². The van der Waals surface area contributed by atoms with Gasteiger partial charge in [-0.2, -0.15) is 0 Å². The van der Waals surface area contributed by atoms with Crippen LogP contribution < -0.4 is 10.6 Å². The van der Waals surface area contributed by atoms with Crippen molar-refractivity contribution < 1.29 is 19.5 Å². The first-order chi connectivity index (χ1) is 16.8. The lowest BCUT2D eigenvalue weighted by Gasteiger charge is -2.35. The van der Waals surface area contributed by atoms with Crippen LogP contribution in [0.2, 0.25) is 5.02 Å². The molecule has 1 aromatic carbocycles. The fraction of sp³-hybridized carbons (Fsp3) is 0.417. The molecule has 0 spiro atoms. The molecule has 3 heterocycles. The zero-order chi connectivity index (χ0) is 24.7. The van der Waals surface area contributed by atoms with Crippen LogP contribution >= 0.6 is 22.9 Å². The first-order valence-electron chi connectivity index (χ1n) is 11.6. The van der Waals surface area contributed by atoms with Crippen molar-refractivity contribution in [2.24, 2.45) is 5.92 Å². The molecule has 3 atom stereocenters. The number of aromatic amines is 1. The van der Waals surface area contributed by atoms with E-state index in [0.29, 0.717) is 28.6 Å². The first kappa shape index (κ1) is 23.8. The number of halogens is 1. The highest BCUT2D eigenvalue weighted by molar-refractivity contribution is 7.13. The zero-order valence-corrected chi connectivity index (χ0v) is 20.7. The molecule has 0 bridgehead atoms. The third-order valence-corrected chi connectivity index (χ3v) is 8.09. The molecular weight excluding hydrogens is 490 g/mol. The van der Waals surface area contributed by atoms with E-state index in [-0.39, 0.29) is 18.2 Å². The number of hydrogen-bond donors (Lipinski definition) is 4. The standard InChI is InChI=1S/C24H26ClN5O4S/c1-30-7-6-17-20(11-30)35-23(29-17)22(32)27-16-4-2-12(24(33)34)9-18(16)28-21(31)19-10-13-8-14(25)3-5-15(13)26-19/h3,5,8,10,12,16,18,26H,2,4,6-7,9,11H2,1H3,(H,27,32)(H,28,31)(H,33,34)/t12-,16+,18-/m0/s1. The van der Waals surface area contributed by atoms with Gasteiger partial charge in [-0.05, 0) is 50.6 Å². The molecule has 11 heteroatoms. The lowest BCUT2D eigenvalue weighted by atomic mass is 9.82. The number of likely N-dealkylation sites (N-methyl/N-ethyl adjacent to an activating group) is 1. The Hall–Kier alpha value is -2.95. The van der Waals surface area contributed by atoms with Crippen molar-refractivity contribution in [1.82, 2.24) is 25.5 Å². The molecule has 35 heavy (non-hydrogen) atoms. The summed E-state index contributed by atoms with van der Waals surface area (Å²) in [5.74, 6) is -2.13. The number of nitrogens with one attached hydrogen (secondary N) is 3. The zero-order valence-electron chi connectivity index (χ0n) is 19.1. The van der Waals surface area contributed by atoms with Crippen LogP contribution in [0.3, 0.4) is 0 Å². The molecule has 0 saturated heterocycles. The first-order valence-corrected chi connectivity index (χ1v) is 12.8. The number of amides is 2. The largest absolute Gasteiger partial charge is 0.481 e. The van der Waals surface area contributed by atoms with Crippen LogP contribution in [0.25, 0.3) is 10.9 Å². The summed E-state index contributed by atoms with van der Waals surface area (Å²) in [5, 5.41) is 17.3. The second kappa shape index (κ2) is 9.60. The van der Waals surface area contributed by atoms with E-state index in [9.17, 15) is 19.5 Å². The molecule has 3 aromatic rings. The quantitative estimate of drug-likeness (QED) is 0.413. The van der Waals surface area contributed by atoms with Gasteiger partial charge < -0.3 is 25.6 Å². The van der Waals surface area contributed by atoms with Gasteiger partial charge >= 0.3 is 5.97 Å². The van der Waals surface area contributed by atoms with Gasteiger partial charge in [0.1, 0.15) is 5.69 Å². The van der Waals surface area contributed by atoms with Crippen LogP contribution in [-0.4, -0.2) is 63.4 Å². The number of thiazole rings is 1. The predicted molar refractivity (Wildman–Crippen MR) is 133 cm³/mol.